The van der Waals surface area contributed by atoms with Crippen molar-refractivity contribution in [3.05, 3.63) is 101 Å². The smallest absolute Gasteiger partial charge is 0.151 e. The Labute approximate surface area is 164 Å². The van der Waals surface area contributed by atoms with Crippen LogP contribution < -0.4 is 10.6 Å². The standard InChI is InChI=1S/C23H23N3O2/c1-3-8-16(9-4-1)20-14-27-22(25-20)18-12-7-13-19(24-18)23-26-21(15-28-23)17-10-5-2-6-11-17/h1-13,20-23,25-26H,14-15H2. The van der Waals surface area contributed by atoms with Gasteiger partial charge in [-0.25, -0.2) is 4.98 Å². The molecule has 2 saturated heterocycles. The lowest BCUT2D eigenvalue weighted by Gasteiger charge is -2.16. The highest BCUT2D eigenvalue weighted by Gasteiger charge is 2.30. The van der Waals surface area contributed by atoms with E-state index in [4.69, 9.17) is 14.5 Å². The molecule has 0 spiro atoms. The number of benzene rings is 2. The van der Waals surface area contributed by atoms with Crippen molar-refractivity contribution in [2.75, 3.05) is 13.2 Å². The number of hydrogen-bond acceptors (Lipinski definition) is 5. The quantitative estimate of drug-likeness (QED) is 0.729. The summed E-state index contributed by atoms with van der Waals surface area (Å²) in [4.78, 5) is 4.82. The van der Waals surface area contributed by atoms with Crippen molar-refractivity contribution in [3.8, 4) is 0 Å². The number of pyridine rings is 1. The zero-order chi connectivity index (χ0) is 18.8. The van der Waals surface area contributed by atoms with Crippen LogP contribution in [0.4, 0.5) is 0 Å². The molecule has 4 unspecified atom stereocenters. The van der Waals surface area contributed by atoms with Crippen LogP contribution in [0.3, 0.4) is 0 Å². The molecule has 0 bridgehead atoms. The first-order valence-electron chi connectivity index (χ1n) is 9.69. The Balaban J connectivity index is 1.28. The first-order valence-corrected chi connectivity index (χ1v) is 9.69. The van der Waals surface area contributed by atoms with Crippen LogP contribution in [0.15, 0.2) is 78.9 Å². The van der Waals surface area contributed by atoms with Gasteiger partial charge in [0, 0.05) is 0 Å². The van der Waals surface area contributed by atoms with E-state index in [0.29, 0.717) is 13.2 Å². The first kappa shape index (κ1) is 17.5. The van der Waals surface area contributed by atoms with Crippen LogP contribution in [-0.4, -0.2) is 18.2 Å². The molecule has 2 aromatic carbocycles. The fraction of sp³-hybridized carbons (Fsp3) is 0.261. The second-order valence-corrected chi connectivity index (χ2v) is 7.17. The number of nitrogens with zero attached hydrogens (tertiary/aromatic N) is 1. The molecule has 28 heavy (non-hydrogen) atoms. The third-order valence-electron chi connectivity index (χ3n) is 5.30. The van der Waals surface area contributed by atoms with Crippen molar-refractivity contribution in [2.24, 2.45) is 0 Å². The van der Waals surface area contributed by atoms with Crippen LogP contribution in [0, 0.1) is 0 Å². The molecule has 0 radical (unpaired) electrons. The fourth-order valence-electron chi connectivity index (χ4n) is 3.80. The van der Waals surface area contributed by atoms with Gasteiger partial charge in [-0.05, 0) is 23.3 Å². The molecule has 4 atom stereocenters. The van der Waals surface area contributed by atoms with Crippen molar-refractivity contribution >= 4 is 0 Å². The number of ether oxygens (including phenoxy) is 2. The highest BCUT2D eigenvalue weighted by molar-refractivity contribution is 5.23. The van der Waals surface area contributed by atoms with E-state index in [1.54, 1.807) is 0 Å². The monoisotopic (exact) mass is 373 g/mol. The van der Waals surface area contributed by atoms with E-state index in [0.717, 1.165) is 11.4 Å². The van der Waals surface area contributed by atoms with E-state index in [2.05, 4.69) is 59.2 Å². The molecule has 1 aromatic heterocycles. The number of hydrogen-bond donors (Lipinski definition) is 2. The maximum Gasteiger partial charge on any atom is 0.151 e. The molecular weight excluding hydrogens is 350 g/mol. The molecule has 2 aliphatic rings. The SMILES string of the molecule is c1ccc(C2COC(c3cccc(C4NC(c5ccccc5)CO4)n3)N2)cc1. The highest BCUT2D eigenvalue weighted by Crippen LogP contribution is 2.30. The predicted molar refractivity (Wildman–Crippen MR) is 106 cm³/mol. The van der Waals surface area contributed by atoms with Gasteiger partial charge >= 0.3 is 0 Å². The summed E-state index contributed by atoms with van der Waals surface area (Å²) in [6.07, 6.45) is -0.423. The van der Waals surface area contributed by atoms with E-state index < -0.39 is 0 Å². The lowest BCUT2D eigenvalue weighted by molar-refractivity contribution is 0.0890. The zero-order valence-corrected chi connectivity index (χ0v) is 15.5. The molecule has 3 aromatic rings. The predicted octanol–water partition coefficient (Wildman–Crippen LogP) is 3.80. The Morgan fingerprint density at radius 2 is 1.07 bits per heavy atom. The van der Waals surface area contributed by atoms with Crippen LogP contribution >= 0.6 is 0 Å². The van der Waals surface area contributed by atoms with Gasteiger partial charge in [0.15, 0.2) is 12.5 Å². The van der Waals surface area contributed by atoms with Gasteiger partial charge in [0.25, 0.3) is 0 Å². The minimum atomic E-state index is -0.212. The van der Waals surface area contributed by atoms with E-state index in [1.165, 1.54) is 11.1 Å². The summed E-state index contributed by atoms with van der Waals surface area (Å²) in [6, 6.07) is 27.1. The summed E-state index contributed by atoms with van der Waals surface area (Å²) in [5.41, 5.74) is 4.22. The number of rotatable bonds is 4. The molecule has 142 valence electrons. The van der Waals surface area contributed by atoms with Crippen LogP contribution in [0.5, 0.6) is 0 Å². The van der Waals surface area contributed by atoms with Gasteiger partial charge < -0.3 is 9.47 Å². The fourth-order valence-corrected chi connectivity index (χ4v) is 3.80. The maximum atomic E-state index is 5.98. The molecule has 3 heterocycles. The van der Waals surface area contributed by atoms with Gasteiger partial charge in [-0.3, -0.25) is 10.6 Å². The van der Waals surface area contributed by atoms with Gasteiger partial charge in [-0.1, -0.05) is 66.7 Å². The van der Waals surface area contributed by atoms with E-state index in [-0.39, 0.29) is 24.5 Å². The Bertz CT molecular complexity index is 847. The topological polar surface area (TPSA) is 55.4 Å². The third kappa shape index (κ3) is 3.57. The molecule has 2 aliphatic heterocycles. The van der Waals surface area contributed by atoms with Crippen molar-refractivity contribution in [2.45, 2.75) is 24.5 Å². The molecule has 0 amide bonds. The molecule has 0 saturated carbocycles. The Kier molecular flexibility index (Phi) is 4.89. The summed E-state index contributed by atoms with van der Waals surface area (Å²) in [7, 11) is 0. The minimum absolute atomic E-state index is 0.181. The molecular formula is C23H23N3O2. The van der Waals surface area contributed by atoms with Crippen molar-refractivity contribution in [1.29, 1.82) is 0 Å². The van der Waals surface area contributed by atoms with Crippen molar-refractivity contribution in [1.82, 2.24) is 15.6 Å². The summed E-state index contributed by atoms with van der Waals surface area (Å²) in [6.45, 7) is 1.27. The van der Waals surface area contributed by atoms with E-state index in [1.807, 2.05) is 30.3 Å². The van der Waals surface area contributed by atoms with Crippen LogP contribution in [0.1, 0.15) is 47.1 Å². The summed E-state index contributed by atoms with van der Waals surface area (Å²) in [5.74, 6) is 0. The van der Waals surface area contributed by atoms with E-state index >= 15 is 0 Å². The lowest BCUT2D eigenvalue weighted by Crippen LogP contribution is -2.22. The number of aromatic nitrogens is 1. The maximum absolute atomic E-state index is 5.98. The van der Waals surface area contributed by atoms with Crippen LogP contribution in [0.25, 0.3) is 0 Å². The molecule has 0 aliphatic carbocycles. The second kappa shape index (κ2) is 7.81. The Hall–Kier alpha value is -2.57. The van der Waals surface area contributed by atoms with Gasteiger partial charge in [-0.2, -0.15) is 0 Å². The largest absolute Gasteiger partial charge is 0.355 e. The lowest BCUT2D eigenvalue weighted by atomic mass is 10.1. The highest BCUT2D eigenvalue weighted by atomic mass is 16.5. The molecule has 5 nitrogen and oxygen atoms in total. The number of nitrogens with one attached hydrogen (secondary N) is 2. The summed E-state index contributed by atoms with van der Waals surface area (Å²) in [5, 5.41) is 7.06. The molecule has 5 heteroatoms. The normalized spacial score (nSPS) is 27.1. The van der Waals surface area contributed by atoms with Crippen LogP contribution in [-0.2, 0) is 9.47 Å². The molecule has 5 rings (SSSR count). The van der Waals surface area contributed by atoms with Gasteiger partial charge in [-0.15, -0.1) is 0 Å². The second-order valence-electron chi connectivity index (χ2n) is 7.17. The van der Waals surface area contributed by atoms with Gasteiger partial charge in [0.05, 0.1) is 36.7 Å². The first-order chi connectivity index (χ1) is 13.9. The average molecular weight is 373 g/mol. The Morgan fingerprint density at radius 3 is 1.54 bits per heavy atom. The molecule has 2 N–H and O–H groups in total. The summed E-state index contributed by atoms with van der Waals surface area (Å²) >= 11 is 0. The zero-order valence-electron chi connectivity index (χ0n) is 15.5. The van der Waals surface area contributed by atoms with Gasteiger partial charge in [0.2, 0.25) is 0 Å². The van der Waals surface area contributed by atoms with Crippen molar-refractivity contribution in [3.63, 3.8) is 0 Å². The van der Waals surface area contributed by atoms with Crippen LogP contribution in [0.2, 0.25) is 0 Å². The third-order valence-corrected chi connectivity index (χ3v) is 5.30. The minimum Gasteiger partial charge on any atom is -0.355 e. The molecule has 2 fully saturated rings. The average Bonchev–Trinajstić information content (AvgIpc) is 3.46. The van der Waals surface area contributed by atoms with Gasteiger partial charge in [0.1, 0.15) is 0 Å². The van der Waals surface area contributed by atoms with E-state index in [9.17, 15) is 0 Å². The Morgan fingerprint density at radius 1 is 0.607 bits per heavy atom. The summed E-state index contributed by atoms with van der Waals surface area (Å²) < 4.78 is 12.0. The van der Waals surface area contributed by atoms with Crippen molar-refractivity contribution < 1.29 is 9.47 Å².